The molecule has 3 N–H and O–H groups in total. The van der Waals surface area contributed by atoms with Crippen LogP contribution in [0, 0.1) is 0 Å². The molecule has 0 aromatic rings. The summed E-state index contributed by atoms with van der Waals surface area (Å²) in [5, 5.41) is 9.92. The van der Waals surface area contributed by atoms with Crippen LogP contribution in [0.15, 0.2) is 24.0 Å². The molecular formula is C21H39NO2. The van der Waals surface area contributed by atoms with Gasteiger partial charge in [0.2, 0.25) is 0 Å². The highest BCUT2D eigenvalue weighted by Crippen LogP contribution is 2.19. The SMILES string of the molecule is CCCCCCCCCCCCCC=CC(O)C(N)COC1=CC1. The maximum Gasteiger partial charge on any atom is 0.106 e. The lowest BCUT2D eigenvalue weighted by Crippen LogP contribution is -2.37. The van der Waals surface area contributed by atoms with Crippen molar-refractivity contribution in [2.45, 2.75) is 103 Å². The molecule has 0 heterocycles. The molecule has 2 unspecified atom stereocenters. The van der Waals surface area contributed by atoms with Gasteiger partial charge >= 0.3 is 0 Å². The zero-order valence-corrected chi connectivity index (χ0v) is 15.7. The zero-order valence-electron chi connectivity index (χ0n) is 15.7. The molecule has 2 atom stereocenters. The van der Waals surface area contributed by atoms with Gasteiger partial charge in [-0.15, -0.1) is 0 Å². The minimum Gasteiger partial charge on any atom is -0.496 e. The Morgan fingerprint density at radius 1 is 1.04 bits per heavy atom. The van der Waals surface area contributed by atoms with Crippen LogP contribution in [-0.2, 0) is 4.74 Å². The van der Waals surface area contributed by atoms with Crippen LogP contribution in [0.1, 0.15) is 90.4 Å². The summed E-state index contributed by atoms with van der Waals surface area (Å²) in [7, 11) is 0. The number of aliphatic hydroxyl groups is 1. The Labute approximate surface area is 149 Å². The van der Waals surface area contributed by atoms with Crippen molar-refractivity contribution in [3.63, 3.8) is 0 Å². The normalized spacial score (nSPS) is 16.2. The molecule has 0 bridgehead atoms. The fraction of sp³-hybridized carbons (Fsp3) is 0.810. The number of allylic oxidation sites excluding steroid dienone is 3. The van der Waals surface area contributed by atoms with Crippen LogP contribution in [0.5, 0.6) is 0 Å². The summed E-state index contributed by atoms with van der Waals surface area (Å²) in [6.07, 6.45) is 22.3. The van der Waals surface area contributed by atoms with Gasteiger partial charge in [0.15, 0.2) is 0 Å². The average Bonchev–Trinajstić information content (AvgIpc) is 3.41. The van der Waals surface area contributed by atoms with Gasteiger partial charge in [-0.25, -0.2) is 0 Å². The van der Waals surface area contributed by atoms with Gasteiger partial charge in [-0.05, 0) is 18.9 Å². The summed E-state index contributed by atoms with van der Waals surface area (Å²) < 4.78 is 5.40. The minimum absolute atomic E-state index is 0.333. The van der Waals surface area contributed by atoms with E-state index in [1.54, 1.807) is 0 Å². The van der Waals surface area contributed by atoms with Gasteiger partial charge in [0.05, 0.1) is 17.9 Å². The Hall–Kier alpha value is -0.800. The van der Waals surface area contributed by atoms with Crippen molar-refractivity contribution in [2.75, 3.05) is 6.61 Å². The second-order valence-electron chi connectivity index (χ2n) is 7.09. The second-order valence-corrected chi connectivity index (χ2v) is 7.09. The fourth-order valence-corrected chi connectivity index (χ4v) is 2.77. The monoisotopic (exact) mass is 337 g/mol. The van der Waals surface area contributed by atoms with Crippen molar-refractivity contribution in [3.8, 4) is 0 Å². The second kappa shape index (κ2) is 14.5. The van der Waals surface area contributed by atoms with Crippen molar-refractivity contribution in [1.29, 1.82) is 0 Å². The number of nitrogens with two attached hydrogens (primary N) is 1. The fourth-order valence-electron chi connectivity index (χ4n) is 2.77. The molecular weight excluding hydrogens is 298 g/mol. The van der Waals surface area contributed by atoms with Gasteiger partial charge < -0.3 is 15.6 Å². The predicted molar refractivity (Wildman–Crippen MR) is 103 cm³/mol. The van der Waals surface area contributed by atoms with Gasteiger partial charge in [0.1, 0.15) is 6.61 Å². The van der Waals surface area contributed by atoms with Crippen LogP contribution >= 0.6 is 0 Å². The Bertz CT molecular complexity index is 352. The summed E-state index contributed by atoms with van der Waals surface area (Å²) in [5.41, 5.74) is 5.89. The quantitative estimate of drug-likeness (QED) is 0.282. The summed E-state index contributed by atoms with van der Waals surface area (Å²) >= 11 is 0. The molecule has 0 saturated carbocycles. The third kappa shape index (κ3) is 12.6. The topological polar surface area (TPSA) is 55.5 Å². The number of unbranched alkanes of at least 4 members (excludes halogenated alkanes) is 11. The van der Waals surface area contributed by atoms with Crippen LogP contribution in [0.2, 0.25) is 0 Å². The maximum absolute atomic E-state index is 9.92. The Balaban J connectivity index is 1.82. The predicted octanol–water partition coefficient (Wildman–Crippen LogP) is 5.24. The average molecular weight is 338 g/mol. The van der Waals surface area contributed by atoms with Gasteiger partial charge in [0, 0.05) is 6.42 Å². The lowest BCUT2D eigenvalue weighted by Gasteiger charge is -2.15. The third-order valence-corrected chi connectivity index (χ3v) is 4.58. The minimum atomic E-state index is -0.600. The largest absolute Gasteiger partial charge is 0.496 e. The van der Waals surface area contributed by atoms with E-state index in [0.717, 1.165) is 18.6 Å². The number of ether oxygens (including phenoxy) is 1. The highest BCUT2D eigenvalue weighted by Gasteiger charge is 2.15. The molecule has 1 aliphatic rings. The van der Waals surface area contributed by atoms with E-state index >= 15 is 0 Å². The van der Waals surface area contributed by atoms with Gasteiger partial charge in [0.25, 0.3) is 0 Å². The number of aliphatic hydroxyl groups excluding tert-OH is 1. The van der Waals surface area contributed by atoms with Crippen LogP contribution in [0.4, 0.5) is 0 Å². The van der Waals surface area contributed by atoms with Crippen molar-refractivity contribution in [1.82, 2.24) is 0 Å². The summed E-state index contributed by atoms with van der Waals surface area (Å²) in [6, 6.07) is -0.333. The molecule has 3 heteroatoms. The number of rotatable bonds is 17. The van der Waals surface area contributed by atoms with E-state index in [2.05, 4.69) is 13.0 Å². The Kier molecular flexibility index (Phi) is 12.9. The van der Waals surface area contributed by atoms with Gasteiger partial charge in [-0.1, -0.05) is 83.3 Å². The van der Waals surface area contributed by atoms with E-state index < -0.39 is 6.10 Å². The molecule has 0 fully saturated rings. The maximum atomic E-state index is 9.92. The molecule has 0 spiro atoms. The number of hydrogen-bond donors (Lipinski definition) is 2. The molecule has 0 saturated heterocycles. The van der Waals surface area contributed by atoms with Crippen molar-refractivity contribution in [2.24, 2.45) is 5.73 Å². The van der Waals surface area contributed by atoms with Crippen LogP contribution in [0.3, 0.4) is 0 Å². The van der Waals surface area contributed by atoms with Gasteiger partial charge in [-0.3, -0.25) is 0 Å². The van der Waals surface area contributed by atoms with Crippen molar-refractivity contribution >= 4 is 0 Å². The first-order valence-electron chi connectivity index (χ1n) is 10.2. The van der Waals surface area contributed by atoms with Crippen LogP contribution in [0.25, 0.3) is 0 Å². The summed E-state index contributed by atoms with van der Waals surface area (Å²) in [4.78, 5) is 0. The molecule has 0 radical (unpaired) electrons. The zero-order chi connectivity index (χ0) is 17.5. The molecule has 1 rings (SSSR count). The van der Waals surface area contributed by atoms with E-state index in [0.29, 0.717) is 6.61 Å². The Morgan fingerprint density at radius 3 is 2.12 bits per heavy atom. The first kappa shape index (κ1) is 21.2. The molecule has 0 aliphatic heterocycles. The molecule has 1 aliphatic carbocycles. The van der Waals surface area contributed by atoms with Gasteiger partial charge in [-0.2, -0.15) is 0 Å². The lowest BCUT2D eigenvalue weighted by molar-refractivity contribution is 0.125. The molecule has 0 amide bonds. The summed E-state index contributed by atoms with van der Waals surface area (Å²) in [5.74, 6) is 1.00. The van der Waals surface area contributed by atoms with Crippen molar-refractivity contribution in [3.05, 3.63) is 24.0 Å². The molecule has 140 valence electrons. The van der Waals surface area contributed by atoms with Crippen molar-refractivity contribution < 1.29 is 9.84 Å². The third-order valence-electron chi connectivity index (χ3n) is 4.58. The van der Waals surface area contributed by atoms with E-state index in [4.69, 9.17) is 10.5 Å². The van der Waals surface area contributed by atoms with E-state index in [-0.39, 0.29) is 6.04 Å². The van der Waals surface area contributed by atoms with Crippen LogP contribution < -0.4 is 5.73 Å². The van der Waals surface area contributed by atoms with E-state index in [1.807, 2.05) is 12.2 Å². The highest BCUT2D eigenvalue weighted by atomic mass is 16.5. The highest BCUT2D eigenvalue weighted by molar-refractivity contribution is 5.14. The molecule has 24 heavy (non-hydrogen) atoms. The standard InChI is InChI=1S/C21H39NO2/c1-2-3-4-5-6-7-8-9-10-11-12-13-14-15-21(23)20(22)18-24-19-16-17-19/h14-16,20-21,23H,2-13,17-18,22H2,1H3. The van der Waals surface area contributed by atoms with Crippen LogP contribution in [-0.4, -0.2) is 23.9 Å². The summed E-state index contributed by atoms with van der Waals surface area (Å²) in [6.45, 7) is 2.67. The lowest BCUT2D eigenvalue weighted by atomic mass is 10.0. The molecule has 3 nitrogen and oxygen atoms in total. The number of hydrogen-bond acceptors (Lipinski definition) is 3. The molecule has 0 aromatic heterocycles. The van der Waals surface area contributed by atoms with E-state index in [1.165, 1.54) is 70.6 Å². The van der Waals surface area contributed by atoms with E-state index in [9.17, 15) is 5.11 Å². The smallest absolute Gasteiger partial charge is 0.106 e. The Morgan fingerprint density at radius 2 is 1.58 bits per heavy atom. The first-order chi connectivity index (χ1) is 11.7. The first-order valence-corrected chi connectivity index (χ1v) is 10.2. The molecule has 0 aromatic carbocycles.